The van der Waals surface area contributed by atoms with E-state index >= 15 is 0 Å². The Labute approximate surface area is 146 Å². The van der Waals surface area contributed by atoms with Gasteiger partial charge in [0.2, 0.25) is 0 Å². The minimum absolute atomic E-state index is 0.307. The van der Waals surface area contributed by atoms with Crippen LogP contribution in [0.5, 0.6) is 5.75 Å². The second-order valence-electron chi connectivity index (χ2n) is 6.58. The van der Waals surface area contributed by atoms with Crippen molar-refractivity contribution in [1.29, 1.82) is 0 Å². The third-order valence-corrected chi connectivity index (χ3v) is 4.11. The van der Waals surface area contributed by atoms with E-state index in [4.69, 9.17) is 14.2 Å². The first-order valence-electron chi connectivity index (χ1n) is 8.87. The molecule has 4 nitrogen and oxygen atoms in total. The standard InChI is InChI=1S/C20H31NO3/c1-5-6-19-13-16(2)7-8-20(19)23-12-11-22-10-9-21-14-17(3)24-18(4)15-21/h5,7-8,13,17-18H,1,6,9-12,14-15H2,2-4H3/t17-,18-/m0/s1. The van der Waals surface area contributed by atoms with Crippen molar-refractivity contribution >= 4 is 0 Å². The fraction of sp³-hybridized carbons (Fsp3) is 0.600. The van der Waals surface area contributed by atoms with Crippen LogP contribution in [-0.4, -0.2) is 56.6 Å². The normalized spacial score (nSPS) is 21.6. The summed E-state index contributed by atoms with van der Waals surface area (Å²) in [5.74, 6) is 0.930. The number of allylic oxidation sites excluding steroid dienone is 1. The van der Waals surface area contributed by atoms with Gasteiger partial charge in [-0.15, -0.1) is 6.58 Å². The van der Waals surface area contributed by atoms with E-state index in [0.29, 0.717) is 25.4 Å². The van der Waals surface area contributed by atoms with E-state index in [0.717, 1.165) is 38.4 Å². The molecular weight excluding hydrogens is 302 g/mol. The number of aryl methyl sites for hydroxylation is 1. The molecule has 2 rings (SSSR count). The minimum atomic E-state index is 0.307. The van der Waals surface area contributed by atoms with Crippen LogP contribution in [0.25, 0.3) is 0 Å². The number of rotatable bonds is 9. The molecule has 1 saturated heterocycles. The lowest BCUT2D eigenvalue weighted by Gasteiger charge is -2.35. The SMILES string of the molecule is C=CCc1cc(C)ccc1OCCOCCN1C[C@H](C)O[C@@H](C)C1. The summed E-state index contributed by atoms with van der Waals surface area (Å²) in [4.78, 5) is 2.40. The van der Waals surface area contributed by atoms with E-state index in [9.17, 15) is 0 Å². The van der Waals surface area contributed by atoms with Gasteiger partial charge in [0.15, 0.2) is 0 Å². The van der Waals surface area contributed by atoms with E-state index in [-0.39, 0.29) is 0 Å². The van der Waals surface area contributed by atoms with Crippen LogP contribution in [0.4, 0.5) is 0 Å². The number of morpholine rings is 1. The van der Waals surface area contributed by atoms with Crippen molar-refractivity contribution in [2.24, 2.45) is 0 Å². The zero-order valence-corrected chi connectivity index (χ0v) is 15.3. The van der Waals surface area contributed by atoms with Gasteiger partial charge in [-0.25, -0.2) is 0 Å². The van der Waals surface area contributed by atoms with Gasteiger partial charge in [0, 0.05) is 19.6 Å². The third kappa shape index (κ3) is 6.27. The van der Waals surface area contributed by atoms with Crippen molar-refractivity contribution in [3.8, 4) is 5.75 Å². The first kappa shape index (κ1) is 19.0. The Balaban J connectivity index is 1.64. The molecule has 0 saturated carbocycles. The van der Waals surface area contributed by atoms with Gasteiger partial charge in [-0.1, -0.05) is 23.8 Å². The van der Waals surface area contributed by atoms with Crippen LogP contribution in [-0.2, 0) is 15.9 Å². The predicted octanol–water partition coefficient (Wildman–Crippen LogP) is 3.23. The maximum absolute atomic E-state index is 5.86. The number of ether oxygens (including phenoxy) is 3. The quantitative estimate of drug-likeness (QED) is 0.513. The van der Waals surface area contributed by atoms with Crippen LogP contribution >= 0.6 is 0 Å². The smallest absolute Gasteiger partial charge is 0.122 e. The minimum Gasteiger partial charge on any atom is -0.491 e. The van der Waals surface area contributed by atoms with Crippen molar-refractivity contribution < 1.29 is 14.2 Å². The van der Waals surface area contributed by atoms with Crippen LogP contribution in [0.2, 0.25) is 0 Å². The van der Waals surface area contributed by atoms with Crippen LogP contribution in [0.1, 0.15) is 25.0 Å². The second kappa shape index (κ2) is 9.82. The van der Waals surface area contributed by atoms with Gasteiger partial charge in [-0.3, -0.25) is 4.90 Å². The zero-order valence-electron chi connectivity index (χ0n) is 15.3. The first-order valence-corrected chi connectivity index (χ1v) is 8.87. The fourth-order valence-electron chi connectivity index (χ4n) is 3.14. The van der Waals surface area contributed by atoms with Crippen LogP contribution < -0.4 is 4.74 Å². The molecule has 0 amide bonds. The maximum Gasteiger partial charge on any atom is 0.122 e. The van der Waals surface area contributed by atoms with Crippen molar-refractivity contribution in [1.82, 2.24) is 4.90 Å². The van der Waals surface area contributed by atoms with Crippen molar-refractivity contribution in [2.75, 3.05) is 39.5 Å². The van der Waals surface area contributed by atoms with Gasteiger partial charge in [0.1, 0.15) is 12.4 Å². The Bertz CT molecular complexity index is 508. The molecule has 0 unspecified atom stereocenters. The van der Waals surface area contributed by atoms with E-state index < -0.39 is 0 Å². The van der Waals surface area contributed by atoms with Crippen LogP contribution in [0.15, 0.2) is 30.9 Å². The van der Waals surface area contributed by atoms with Crippen LogP contribution in [0.3, 0.4) is 0 Å². The molecule has 4 heteroatoms. The van der Waals surface area contributed by atoms with Gasteiger partial charge in [0.05, 0.1) is 25.4 Å². The van der Waals surface area contributed by atoms with Gasteiger partial charge in [-0.2, -0.15) is 0 Å². The average Bonchev–Trinajstić information content (AvgIpc) is 2.52. The summed E-state index contributed by atoms with van der Waals surface area (Å²) in [6.07, 6.45) is 3.34. The summed E-state index contributed by atoms with van der Waals surface area (Å²) in [5.41, 5.74) is 2.42. The van der Waals surface area contributed by atoms with Gasteiger partial charge in [0.25, 0.3) is 0 Å². The monoisotopic (exact) mass is 333 g/mol. The molecule has 1 fully saturated rings. The Morgan fingerprint density at radius 3 is 2.67 bits per heavy atom. The largest absolute Gasteiger partial charge is 0.491 e. The number of benzene rings is 1. The molecular formula is C20H31NO3. The molecule has 0 bridgehead atoms. The van der Waals surface area contributed by atoms with Crippen molar-refractivity contribution in [2.45, 2.75) is 39.4 Å². The van der Waals surface area contributed by atoms with E-state index in [2.05, 4.69) is 44.4 Å². The molecule has 1 heterocycles. The van der Waals surface area contributed by atoms with Gasteiger partial charge >= 0.3 is 0 Å². The lowest BCUT2D eigenvalue weighted by atomic mass is 10.1. The van der Waals surface area contributed by atoms with Crippen molar-refractivity contribution in [3.05, 3.63) is 42.0 Å². The summed E-state index contributed by atoms with van der Waals surface area (Å²) in [6.45, 7) is 15.0. The molecule has 134 valence electrons. The Kier molecular flexibility index (Phi) is 7.76. The highest BCUT2D eigenvalue weighted by atomic mass is 16.5. The number of nitrogens with zero attached hydrogens (tertiary/aromatic N) is 1. The van der Waals surface area contributed by atoms with E-state index in [1.165, 1.54) is 11.1 Å². The Hall–Kier alpha value is -1.36. The molecule has 1 aromatic rings. The third-order valence-electron chi connectivity index (χ3n) is 4.11. The van der Waals surface area contributed by atoms with Gasteiger partial charge in [-0.05, 0) is 38.8 Å². The summed E-state index contributed by atoms with van der Waals surface area (Å²) in [6, 6.07) is 6.26. The molecule has 1 aromatic carbocycles. The molecule has 0 aromatic heterocycles. The topological polar surface area (TPSA) is 30.9 Å². The molecule has 1 aliphatic rings. The molecule has 0 spiro atoms. The Morgan fingerprint density at radius 2 is 1.96 bits per heavy atom. The summed E-state index contributed by atoms with van der Waals surface area (Å²) in [5, 5.41) is 0. The zero-order chi connectivity index (χ0) is 17.4. The van der Waals surface area contributed by atoms with Crippen LogP contribution in [0, 0.1) is 6.92 Å². The lowest BCUT2D eigenvalue weighted by Crippen LogP contribution is -2.46. The van der Waals surface area contributed by atoms with Crippen molar-refractivity contribution in [3.63, 3.8) is 0 Å². The summed E-state index contributed by atoms with van der Waals surface area (Å²) < 4.78 is 17.3. The number of hydrogen-bond acceptors (Lipinski definition) is 4. The molecule has 0 N–H and O–H groups in total. The Morgan fingerprint density at radius 1 is 1.21 bits per heavy atom. The highest BCUT2D eigenvalue weighted by Gasteiger charge is 2.21. The summed E-state index contributed by atoms with van der Waals surface area (Å²) in [7, 11) is 0. The summed E-state index contributed by atoms with van der Waals surface area (Å²) >= 11 is 0. The second-order valence-corrected chi connectivity index (χ2v) is 6.58. The first-order chi connectivity index (χ1) is 11.6. The average molecular weight is 333 g/mol. The van der Waals surface area contributed by atoms with E-state index in [1.807, 2.05) is 12.1 Å². The highest BCUT2D eigenvalue weighted by molar-refractivity contribution is 5.38. The molecule has 1 aliphatic heterocycles. The fourth-order valence-corrected chi connectivity index (χ4v) is 3.14. The van der Waals surface area contributed by atoms with Gasteiger partial charge < -0.3 is 14.2 Å². The lowest BCUT2D eigenvalue weighted by molar-refractivity contribution is -0.0734. The highest BCUT2D eigenvalue weighted by Crippen LogP contribution is 2.20. The number of hydrogen-bond donors (Lipinski definition) is 0. The molecule has 24 heavy (non-hydrogen) atoms. The predicted molar refractivity (Wildman–Crippen MR) is 97.8 cm³/mol. The molecule has 0 aliphatic carbocycles. The molecule has 2 atom stereocenters. The molecule has 0 radical (unpaired) electrons. The van der Waals surface area contributed by atoms with E-state index in [1.54, 1.807) is 0 Å². The maximum atomic E-state index is 5.86.